The number of fused-ring (bicyclic) bond motifs is 1. The zero-order valence-corrected chi connectivity index (χ0v) is 10.7. The predicted octanol–water partition coefficient (Wildman–Crippen LogP) is -0.963. The van der Waals surface area contributed by atoms with Crippen LogP contribution in [0, 0.1) is 0 Å². The van der Waals surface area contributed by atoms with Crippen molar-refractivity contribution in [1.29, 1.82) is 0 Å². The van der Waals surface area contributed by atoms with Crippen LogP contribution in [-0.4, -0.2) is 18.1 Å². The van der Waals surface area contributed by atoms with Gasteiger partial charge in [0.25, 0.3) is 0 Å². The zero-order chi connectivity index (χ0) is 10.1. The van der Waals surface area contributed by atoms with Gasteiger partial charge in [-0.2, -0.15) is 0 Å². The van der Waals surface area contributed by atoms with E-state index in [1.807, 2.05) is 9.08 Å². The molecule has 76 valence electrons. The molecular weight excluding hydrogens is 289 g/mol. The van der Waals surface area contributed by atoms with Gasteiger partial charge >= 0.3 is 94.2 Å². The van der Waals surface area contributed by atoms with Crippen molar-refractivity contribution >= 4 is 11.0 Å². The summed E-state index contributed by atoms with van der Waals surface area (Å²) >= 11 is -0.0770. The summed E-state index contributed by atoms with van der Waals surface area (Å²) in [6, 6.07) is 6.23. The Morgan fingerprint density at radius 1 is 1.29 bits per heavy atom. The number of hydrogen-bond acceptors (Lipinski definition) is 2. The molecule has 0 amide bonds. The number of nitrogens with zero attached hydrogens (tertiary/aromatic N) is 3. The molecule has 2 aromatic rings. The molecule has 2 rings (SSSR count). The van der Waals surface area contributed by atoms with Crippen molar-refractivity contribution < 1.29 is 21.5 Å². The van der Waals surface area contributed by atoms with Gasteiger partial charge in [0.15, 0.2) is 0 Å². The van der Waals surface area contributed by atoms with Crippen LogP contribution in [0.2, 0.25) is 0 Å². The first-order valence-corrected chi connectivity index (χ1v) is 7.70. The van der Waals surface area contributed by atoms with E-state index in [9.17, 15) is 0 Å². The second-order valence-corrected chi connectivity index (χ2v) is 5.31. The Morgan fingerprint density at radius 3 is 2.71 bits per heavy atom. The molecule has 1 heterocycles. The maximum absolute atomic E-state index is 4.51. The topological polar surface area (TPSA) is 30.7 Å². The first-order valence-electron chi connectivity index (χ1n) is 4.58. The molecule has 14 heavy (non-hydrogen) atoms. The van der Waals surface area contributed by atoms with Crippen LogP contribution in [0.25, 0.3) is 11.0 Å². The number of alkyl halides is 1. The van der Waals surface area contributed by atoms with Crippen LogP contribution in [0.4, 0.5) is 0 Å². The standard InChI is InChI=1S/C10H13IN3/c1-7(2)8-5-4-6-9-10(8)13-14(11-3)12-9/h4-7H,1-3H3/q-1. The Bertz CT molecular complexity index is 448. The van der Waals surface area contributed by atoms with Crippen LogP contribution in [0.15, 0.2) is 18.2 Å². The van der Waals surface area contributed by atoms with Gasteiger partial charge in [-0.05, 0) is 0 Å². The molecule has 0 fully saturated rings. The van der Waals surface area contributed by atoms with Crippen molar-refractivity contribution in [2.24, 2.45) is 0 Å². The summed E-state index contributed by atoms with van der Waals surface area (Å²) in [6.45, 7) is 4.38. The molecule has 0 radical (unpaired) electrons. The molecule has 4 heteroatoms. The van der Waals surface area contributed by atoms with E-state index in [1.54, 1.807) is 0 Å². The molecule has 0 aliphatic carbocycles. The Balaban J connectivity index is 2.66. The van der Waals surface area contributed by atoms with Gasteiger partial charge in [0.1, 0.15) is 0 Å². The summed E-state index contributed by atoms with van der Waals surface area (Å²) < 4.78 is 1.86. The average Bonchev–Trinajstić information content (AvgIpc) is 2.59. The van der Waals surface area contributed by atoms with E-state index in [2.05, 4.69) is 41.1 Å². The molecular formula is C10H13IN3-. The third-order valence-electron chi connectivity index (χ3n) is 2.19. The minimum absolute atomic E-state index is 0.0770. The summed E-state index contributed by atoms with van der Waals surface area (Å²) in [6.07, 6.45) is 0. The van der Waals surface area contributed by atoms with Crippen LogP contribution < -0.4 is 21.5 Å². The number of benzene rings is 1. The first-order chi connectivity index (χ1) is 6.72. The van der Waals surface area contributed by atoms with Crippen molar-refractivity contribution in [3.8, 4) is 0 Å². The van der Waals surface area contributed by atoms with E-state index in [-0.39, 0.29) is 21.5 Å². The second kappa shape index (κ2) is 3.84. The van der Waals surface area contributed by atoms with Gasteiger partial charge < -0.3 is 0 Å². The quantitative estimate of drug-likeness (QED) is 0.528. The fourth-order valence-electron chi connectivity index (χ4n) is 1.47. The molecule has 1 aromatic heterocycles. The van der Waals surface area contributed by atoms with Crippen LogP contribution in [-0.2, 0) is 0 Å². The SMILES string of the molecule is C[I-]n1nc2cccc(C(C)C)c2n1. The number of halogens is 1. The van der Waals surface area contributed by atoms with E-state index >= 15 is 0 Å². The van der Waals surface area contributed by atoms with Crippen molar-refractivity contribution in [1.82, 2.24) is 13.2 Å². The molecule has 3 nitrogen and oxygen atoms in total. The van der Waals surface area contributed by atoms with Gasteiger partial charge in [-0.15, -0.1) is 0 Å². The summed E-state index contributed by atoms with van der Waals surface area (Å²) in [5, 5.41) is 8.94. The molecule has 0 spiro atoms. The Kier molecular flexibility index (Phi) is 2.71. The van der Waals surface area contributed by atoms with E-state index in [0.717, 1.165) is 11.0 Å². The van der Waals surface area contributed by atoms with Gasteiger partial charge in [-0.3, -0.25) is 0 Å². The van der Waals surface area contributed by atoms with Crippen LogP contribution in [0.1, 0.15) is 25.3 Å². The molecule has 0 atom stereocenters. The van der Waals surface area contributed by atoms with Crippen molar-refractivity contribution in [2.45, 2.75) is 19.8 Å². The van der Waals surface area contributed by atoms with E-state index in [0.29, 0.717) is 5.92 Å². The fraction of sp³-hybridized carbons (Fsp3) is 0.400. The average molecular weight is 302 g/mol. The molecule has 0 N–H and O–H groups in total. The van der Waals surface area contributed by atoms with Gasteiger partial charge in [0, 0.05) is 0 Å². The minimum atomic E-state index is -0.0770. The third-order valence-corrected chi connectivity index (χ3v) is 3.49. The summed E-state index contributed by atoms with van der Waals surface area (Å²) in [4.78, 5) is 2.16. The molecule has 0 aliphatic rings. The van der Waals surface area contributed by atoms with Crippen LogP contribution in [0.3, 0.4) is 0 Å². The first kappa shape index (κ1) is 9.89. The van der Waals surface area contributed by atoms with E-state index < -0.39 is 0 Å². The molecule has 0 unspecified atom stereocenters. The predicted molar refractivity (Wildman–Crippen MR) is 52.9 cm³/mol. The zero-order valence-electron chi connectivity index (χ0n) is 8.53. The van der Waals surface area contributed by atoms with Crippen LogP contribution in [0.5, 0.6) is 0 Å². The number of aromatic nitrogens is 3. The summed E-state index contributed by atoms with van der Waals surface area (Å²) in [7, 11) is 0. The molecule has 1 aromatic carbocycles. The van der Waals surface area contributed by atoms with Crippen molar-refractivity contribution in [2.75, 3.05) is 4.93 Å². The molecule has 0 saturated heterocycles. The molecule has 0 saturated carbocycles. The summed E-state index contributed by atoms with van der Waals surface area (Å²) in [5.41, 5.74) is 3.40. The molecule has 0 aliphatic heterocycles. The normalized spacial score (nSPS) is 11.7. The van der Waals surface area contributed by atoms with Gasteiger partial charge in [-0.25, -0.2) is 0 Å². The second-order valence-electron chi connectivity index (χ2n) is 3.48. The Labute approximate surface area is 94.1 Å². The number of hydrogen-bond donors (Lipinski definition) is 0. The van der Waals surface area contributed by atoms with Gasteiger partial charge in [0.05, 0.1) is 0 Å². The Morgan fingerprint density at radius 2 is 2.07 bits per heavy atom. The van der Waals surface area contributed by atoms with Crippen molar-refractivity contribution in [3.05, 3.63) is 23.8 Å². The van der Waals surface area contributed by atoms with Gasteiger partial charge in [0.2, 0.25) is 0 Å². The number of rotatable bonds is 2. The van der Waals surface area contributed by atoms with Crippen molar-refractivity contribution in [3.63, 3.8) is 0 Å². The fourth-order valence-corrected chi connectivity index (χ4v) is 2.35. The maximum atomic E-state index is 4.51. The van der Waals surface area contributed by atoms with E-state index in [1.165, 1.54) is 5.56 Å². The van der Waals surface area contributed by atoms with Crippen LogP contribution >= 0.6 is 0 Å². The summed E-state index contributed by atoms with van der Waals surface area (Å²) in [5.74, 6) is 0.513. The van der Waals surface area contributed by atoms with E-state index in [4.69, 9.17) is 0 Å². The third kappa shape index (κ3) is 1.63. The van der Waals surface area contributed by atoms with Gasteiger partial charge in [-0.1, -0.05) is 0 Å². The monoisotopic (exact) mass is 302 g/mol. The Hall–Kier alpha value is -0.650. The molecule has 0 bridgehead atoms.